The molecule has 0 spiro atoms. The van der Waals surface area contributed by atoms with Crippen LogP contribution < -0.4 is 0 Å². The Bertz CT molecular complexity index is 450. The molecule has 0 saturated carbocycles. The van der Waals surface area contributed by atoms with Crippen molar-refractivity contribution in [3.05, 3.63) is 34.9 Å². The number of carboxylic acid groups (broad SMARTS) is 1. The van der Waals surface area contributed by atoms with Crippen LogP contribution in [-0.4, -0.2) is 28.6 Å². The summed E-state index contributed by atoms with van der Waals surface area (Å²) in [5.41, 5.74) is 3.71. The molecule has 1 heterocycles. The number of hydrogen-bond donors (Lipinski definition) is 1. The van der Waals surface area contributed by atoms with Gasteiger partial charge in [-0.1, -0.05) is 36.2 Å². The van der Waals surface area contributed by atoms with E-state index in [2.05, 4.69) is 36.9 Å². The Balaban J connectivity index is 2.17. The third kappa shape index (κ3) is 3.35. The number of nitrogens with zero attached hydrogens (tertiary/aromatic N) is 1. The van der Waals surface area contributed by atoms with Crippen LogP contribution in [0.2, 0.25) is 0 Å². The van der Waals surface area contributed by atoms with E-state index in [-0.39, 0.29) is 12.0 Å². The summed E-state index contributed by atoms with van der Waals surface area (Å²) in [6.07, 6.45) is 2.11. The molecule has 104 valence electrons. The highest BCUT2D eigenvalue weighted by molar-refractivity contribution is 5.74. The van der Waals surface area contributed by atoms with Crippen molar-refractivity contribution in [2.45, 2.75) is 46.2 Å². The second-order valence-electron chi connectivity index (χ2n) is 5.87. The second kappa shape index (κ2) is 5.74. The molecular formula is C16H23NO2. The minimum absolute atomic E-state index is 0.233. The fourth-order valence-corrected chi connectivity index (χ4v) is 3.24. The van der Waals surface area contributed by atoms with Crippen LogP contribution in [0.4, 0.5) is 0 Å². The maximum absolute atomic E-state index is 11.5. The van der Waals surface area contributed by atoms with Gasteiger partial charge in [-0.2, -0.15) is 0 Å². The zero-order valence-corrected chi connectivity index (χ0v) is 12.0. The van der Waals surface area contributed by atoms with Crippen LogP contribution in [0, 0.1) is 19.8 Å². The van der Waals surface area contributed by atoms with Crippen LogP contribution >= 0.6 is 0 Å². The lowest BCUT2D eigenvalue weighted by Gasteiger charge is -2.37. The van der Waals surface area contributed by atoms with E-state index < -0.39 is 5.97 Å². The summed E-state index contributed by atoms with van der Waals surface area (Å²) in [6, 6.07) is 6.13. The third-order valence-electron chi connectivity index (χ3n) is 3.96. The molecule has 19 heavy (non-hydrogen) atoms. The summed E-state index contributed by atoms with van der Waals surface area (Å²) in [6.45, 7) is 7.85. The third-order valence-corrected chi connectivity index (χ3v) is 3.96. The average Bonchev–Trinajstić information content (AvgIpc) is 2.26. The van der Waals surface area contributed by atoms with Crippen molar-refractivity contribution in [3.63, 3.8) is 0 Å². The highest BCUT2D eigenvalue weighted by atomic mass is 16.4. The van der Waals surface area contributed by atoms with Crippen molar-refractivity contribution in [3.8, 4) is 0 Å². The van der Waals surface area contributed by atoms with Crippen molar-refractivity contribution in [2.75, 3.05) is 6.54 Å². The minimum Gasteiger partial charge on any atom is -0.480 e. The van der Waals surface area contributed by atoms with Gasteiger partial charge in [-0.05, 0) is 44.7 Å². The van der Waals surface area contributed by atoms with Crippen molar-refractivity contribution in [1.82, 2.24) is 4.90 Å². The van der Waals surface area contributed by atoms with Gasteiger partial charge < -0.3 is 5.11 Å². The highest BCUT2D eigenvalue weighted by Crippen LogP contribution is 2.25. The molecule has 0 bridgehead atoms. The van der Waals surface area contributed by atoms with E-state index in [9.17, 15) is 9.90 Å². The van der Waals surface area contributed by atoms with E-state index >= 15 is 0 Å². The predicted octanol–water partition coefficient (Wildman–Crippen LogP) is 2.99. The van der Waals surface area contributed by atoms with Crippen LogP contribution in [-0.2, 0) is 11.3 Å². The molecule has 3 heteroatoms. The quantitative estimate of drug-likeness (QED) is 0.909. The Morgan fingerprint density at radius 2 is 1.95 bits per heavy atom. The lowest BCUT2D eigenvalue weighted by molar-refractivity contribution is -0.147. The topological polar surface area (TPSA) is 40.5 Å². The maximum Gasteiger partial charge on any atom is 0.321 e. The first-order valence-corrected chi connectivity index (χ1v) is 7.01. The number of carbonyl (C=O) groups is 1. The van der Waals surface area contributed by atoms with E-state index in [0.717, 1.165) is 25.9 Å². The summed E-state index contributed by atoms with van der Waals surface area (Å²) in [5.74, 6) is -0.450. The van der Waals surface area contributed by atoms with E-state index in [0.29, 0.717) is 0 Å². The Kier molecular flexibility index (Phi) is 4.25. The molecule has 0 aliphatic carbocycles. The largest absolute Gasteiger partial charge is 0.480 e. The molecule has 0 radical (unpaired) electrons. The highest BCUT2D eigenvalue weighted by Gasteiger charge is 2.33. The van der Waals surface area contributed by atoms with Gasteiger partial charge in [-0.3, -0.25) is 9.69 Å². The van der Waals surface area contributed by atoms with Crippen molar-refractivity contribution in [2.24, 2.45) is 5.92 Å². The van der Waals surface area contributed by atoms with Gasteiger partial charge in [0.15, 0.2) is 0 Å². The summed E-state index contributed by atoms with van der Waals surface area (Å²) in [5, 5.41) is 9.42. The molecule has 1 N–H and O–H groups in total. The fraction of sp³-hybridized carbons (Fsp3) is 0.562. The first-order valence-electron chi connectivity index (χ1n) is 7.01. The van der Waals surface area contributed by atoms with E-state index in [4.69, 9.17) is 0 Å². The monoisotopic (exact) mass is 261 g/mol. The molecule has 2 atom stereocenters. The second-order valence-corrected chi connectivity index (χ2v) is 5.87. The van der Waals surface area contributed by atoms with Gasteiger partial charge in [0, 0.05) is 6.54 Å². The van der Waals surface area contributed by atoms with Crippen LogP contribution in [0.1, 0.15) is 36.5 Å². The number of aryl methyl sites for hydroxylation is 2. The molecule has 1 aromatic carbocycles. The Labute approximate surface area is 115 Å². The van der Waals surface area contributed by atoms with Gasteiger partial charge in [0.05, 0.1) is 0 Å². The van der Waals surface area contributed by atoms with Crippen LogP contribution in [0.25, 0.3) is 0 Å². The van der Waals surface area contributed by atoms with E-state index in [1.165, 1.54) is 16.7 Å². The first-order chi connectivity index (χ1) is 8.97. The molecule has 1 aromatic rings. The zero-order valence-electron chi connectivity index (χ0n) is 12.0. The van der Waals surface area contributed by atoms with Gasteiger partial charge >= 0.3 is 5.97 Å². The molecule has 3 nitrogen and oxygen atoms in total. The van der Waals surface area contributed by atoms with Crippen molar-refractivity contribution < 1.29 is 9.90 Å². The number of hydrogen-bond acceptors (Lipinski definition) is 2. The normalized spacial score (nSPS) is 24.4. The Morgan fingerprint density at radius 1 is 1.32 bits per heavy atom. The summed E-state index contributed by atoms with van der Waals surface area (Å²) in [4.78, 5) is 13.6. The van der Waals surface area contributed by atoms with Gasteiger partial charge in [0.25, 0.3) is 0 Å². The molecule has 2 rings (SSSR count). The Morgan fingerprint density at radius 3 is 2.53 bits per heavy atom. The van der Waals surface area contributed by atoms with Crippen molar-refractivity contribution >= 4 is 5.97 Å². The first kappa shape index (κ1) is 14.1. The van der Waals surface area contributed by atoms with Gasteiger partial charge in [-0.15, -0.1) is 0 Å². The number of likely N-dealkylation sites (tertiary alicyclic amines) is 1. The lowest BCUT2D eigenvalue weighted by Crippen LogP contribution is -2.48. The van der Waals surface area contributed by atoms with Crippen LogP contribution in [0.3, 0.4) is 0 Å². The number of aliphatic carboxylic acids is 1. The maximum atomic E-state index is 11.5. The SMILES string of the molecule is Cc1cc(C)cc(CN2CCCC(C)C2C(=O)O)c1. The van der Waals surface area contributed by atoms with Gasteiger partial charge in [-0.25, -0.2) is 0 Å². The zero-order chi connectivity index (χ0) is 14.0. The van der Waals surface area contributed by atoms with Gasteiger partial charge in [0.2, 0.25) is 0 Å². The molecule has 1 aliphatic rings. The molecular weight excluding hydrogens is 238 g/mol. The van der Waals surface area contributed by atoms with Crippen LogP contribution in [0.5, 0.6) is 0 Å². The fourth-order valence-electron chi connectivity index (χ4n) is 3.24. The molecule has 0 amide bonds. The summed E-state index contributed by atoms with van der Waals surface area (Å²) < 4.78 is 0. The molecule has 0 aromatic heterocycles. The average molecular weight is 261 g/mol. The molecule has 1 saturated heterocycles. The summed E-state index contributed by atoms with van der Waals surface area (Å²) >= 11 is 0. The Hall–Kier alpha value is -1.35. The number of carboxylic acids is 1. The number of piperidine rings is 1. The van der Waals surface area contributed by atoms with E-state index in [1.54, 1.807) is 0 Å². The van der Waals surface area contributed by atoms with Gasteiger partial charge in [0.1, 0.15) is 6.04 Å². The smallest absolute Gasteiger partial charge is 0.321 e. The predicted molar refractivity (Wildman–Crippen MR) is 76.1 cm³/mol. The minimum atomic E-state index is -0.684. The summed E-state index contributed by atoms with van der Waals surface area (Å²) in [7, 11) is 0. The standard InChI is InChI=1S/C16H23NO2/c1-11-7-12(2)9-14(8-11)10-17-6-4-5-13(3)15(17)16(18)19/h7-9,13,15H,4-6,10H2,1-3H3,(H,18,19). The number of benzene rings is 1. The molecule has 1 fully saturated rings. The number of rotatable bonds is 3. The van der Waals surface area contributed by atoms with Crippen molar-refractivity contribution in [1.29, 1.82) is 0 Å². The van der Waals surface area contributed by atoms with E-state index in [1.807, 2.05) is 6.92 Å². The molecule has 1 aliphatic heterocycles. The molecule has 2 unspecified atom stereocenters. The lowest BCUT2D eigenvalue weighted by atomic mass is 9.90. The van der Waals surface area contributed by atoms with Crippen LogP contribution in [0.15, 0.2) is 18.2 Å².